The first-order valence-corrected chi connectivity index (χ1v) is 7.53. The van der Waals surface area contributed by atoms with Crippen molar-refractivity contribution in [2.45, 2.75) is 39.0 Å². The summed E-state index contributed by atoms with van der Waals surface area (Å²) in [7, 11) is 2.14. The monoisotopic (exact) mass is 266 g/mol. The van der Waals surface area contributed by atoms with Crippen molar-refractivity contribution in [2.24, 2.45) is 11.8 Å². The Labute approximate surface area is 116 Å². The summed E-state index contributed by atoms with van der Waals surface area (Å²) < 4.78 is 0. The van der Waals surface area contributed by atoms with E-state index >= 15 is 0 Å². The number of Topliss-reactive ketones (excluding diaryl/α,β-unsaturated/α-hetero) is 1. The average molecular weight is 266 g/mol. The summed E-state index contributed by atoms with van der Waals surface area (Å²) in [5, 5.41) is 0. The molecule has 108 valence electrons. The maximum atomic E-state index is 12.3. The van der Waals surface area contributed by atoms with Gasteiger partial charge in [0.2, 0.25) is 5.91 Å². The van der Waals surface area contributed by atoms with Gasteiger partial charge >= 0.3 is 0 Å². The molecule has 2 saturated heterocycles. The highest BCUT2D eigenvalue weighted by molar-refractivity contribution is 5.79. The lowest BCUT2D eigenvalue weighted by Gasteiger charge is -2.33. The fraction of sp³-hybridized carbons (Fsp3) is 0.867. The van der Waals surface area contributed by atoms with Crippen LogP contribution in [-0.4, -0.2) is 54.7 Å². The Morgan fingerprint density at radius 1 is 1.00 bits per heavy atom. The molecule has 19 heavy (non-hydrogen) atoms. The second-order valence-corrected chi connectivity index (χ2v) is 6.22. The zero-order chi connectivity index (χ0) is 13.8. The molecule has 0 aromatic carbocycles. The van der Waals surface area contributed by atoms with Crippen LogP contribution in [0.5, 0.6) is 0 Å². The number of ketones is 1. The summed E-state index contributed by atoms with van der Waals surface area (Å²) in [4.78, 5) is 27.9. The van der Waals surface area contributed by atoms with E-state index in [0.717, 1.165) is 51.9 Å². The highest BCUT2D eigenvalue weighted by Gasteiger charge is 2.27. The fourth-order valence-electron chi connectivity index (χ4n) is 3.18. The Hall–Kier alpha value is -0.900. The van der Waals surface area contributed by atoms with Gasteiger partial charge < -0.3 is 9.80 Å². The van der Waals surface area contributed by atoms with Crippen molar-refractivity contribution in [3.05, 3.63) is 0 Å². The molecule has 2 rings (SSSR count). The second-order valence-electron chi connectivity index (χ2n) is 6.22. The Bertz CT molecular complexity index is 327. The average Bonchev–Trinajstić information content (AvgIpc) is 2.41. The first-order valence-electron chi connectivity index (χ1n) is 7.53. The molecule has 2 fully saturated rings. The molecule has 0 bridgehead atoms. The van der Waals surface area contributed by atoms with E-state index in [9.17, 15) is 9.59 Å². The van der Waals surface area contributed by atoms with Gasteiger partial charge in [-0.15, -0.1) is 0 Å². The third-order valence-corrected chi connectivity index (χ3v) is 4.72. The van der Waals surface area contributed by atoms with Gasteiger partial charge in [-0.05, 0) is 58.7 Å². The molecule has 0 atom stereocenters. The van der Waals surface area contributed by atoms with Crippen molar-refractivity contribution >= 4 is 11.7 Å². The van der Waals surface area contributed by atoms with E-state index in [1.807, 2.05) is 4.90 Å². The first kappa shape index (κ1) is 14.5. The van der Waals surface area contributed by atoms with Crippen molar-refractivity contribution in [1.29, 1.82) is 0 Å². The molecule has 2 aliphatic rings. The van der Waals surface area contributed by atoms with Gasteiger partial charge in [-0.1, -0.05) is 0 Å². The smallest absolute Gasteiger partial charge is 0.222 e. The van der Waals surface area contributed by atoms with E-state index in [4.69, 9.17) is 0 Å². The summed E-state index contributed by atoms with van der Waals surface area (Å²) in [5.74, 6) is 1.33. The van der Waals surface area contributed by atoms with Crippen LogP contribution >= 0.6 is 0 Å². The number of hydrogen-bond donors (Lipinski definition) is 0. The van der Waals surface area contributed by atoms with Crippen LogP contribution in [0.1, 0.15) is 39.0 Å². The number of likely N-dealkylation sites (tertiary alicyclic amines) is 2. The maximum Gasteiger partial charge on any atom is 0.222 e. The van der Waals surface area contributed by atoms with Crippen LogP contribution in [0.3, 0.4) is 0 Å². The molecule has 4 nitrogen and oxygen atoms in total. The molecule has 2 aliphatic heterocycles. The Morgan fingerprint density at radius 2 is 1.58 bits per heavy atom. The standard InChI is InChI=1S/C15H26N2O2/c1-12(18)14-5-9-17(10-6-14)15(19)11-13-3-7-16(2)8-4-13/h13-14H,3-11H2,1-2H3. The molecule has 2 heterocycles. The molecule has 0 aromatic rings. The zero-order valence-corrected chi connectivity index (χ0v) is 12.2. The quantitative estimate of drug-likeness (QED) is 0.778. The number of carbonyl (C=O) groups excluding carboxylic acids is 2. The lowest BCUT2D eigenvalue weighted by molar-refractivity contribution is -0.135. The Balaban J connectivity index is 1.74. The van der Waals surface area contributed by atoms with Gasteiger partial charge in [-0.2, -0.15) is 0 Å². The minimum Gasteiger partial charge on any atom is -0.343 e. The summed E-state index contributed by atoms with van der Waals surface area (Å²) in [6, 6.07) is 0. The Kier molecular flexibility index (Phi) is 4.97. The molecule has 4 heteroatoms. The van der Waals surface area contributed by atoms with Crippen molar-refractivity contribution in [2.75, 3.05) is 33.2 Å². The molecular formula is C15H26N2O2. The van der Waals surface area contributed by atoms with Crippen LogP contribution in [0.25, 0.3) is 0 Å². The maximum absolute atomic E-state index is 12.3. The van der Waals surface area contributed by atoms with E-state index in [2.05, 4.69) is 11.9 Å². The number of amides is 1. The van der Waals surface area contributed by atoms with Gasteiger partial charge in [0.05, 0.1) is 0 Å². The second kappa shape index (κ2) is 6.51. The van der Waals surface area contributed by atoms with Crippen molar-refractivity contribution in [3.8, 4) is 0 Å². The minimum atomic E-state index is 0.187. The molecule has 0 unspecified atom stereocenters. The summed E-state index contributed by atoms with van der Waals surface area (Å²) in [6.07, 6.45) is 4.71. The molecule has 0 radical (unpaired) electrons. The number of nitrogens with zero attached hydrogens (tertiary/aromatic N) is 2. The van der Waals surface area contributed by atoms with Gasteiger partial charge in [0.15, 0.2) is 0 Å². The van der Waals surface area contributed by atoms with E-state index in [-0.39, 0.29) is 11.7 Å². The molecule has 0 saturated carbocycles. The van der Waals surface area contributed by atoms with E-state index in [1.165, 1.54) is 0 Å². The van der Waals surface area contributed by atoms with Crippen LogP contribution in [-0.2, 0) is 9.59 Å². The fourth-order valence-corrected chi connectivity index (χ4v) is 3.18. The number of piperidine rings is 2. The van der Waals surface area contributed by atoms with E-state index < -0.39 is 0 Å². The normalized spacial score (nSPS) is 23.6. The van der Waals surface area contributed by atoms with Crippen LogP contribution in [0, 0.1) is 11.8 Å². The van der Waals surface area contributed by atoms with Crippen LogP contribution < -0.4 is 0 Å². The number of rotatable bonds is 3. The van der Waals surface area contributed by atoms with Gasteiger partial charge in [0.25, 0.3) is 0 Å². The van der Waals surface area contributed by atoms with Crippen LogP contribution in [0.2, 0.25) is 0 Å². The van der Waals surface area contributed by atoms with Crippen LogP contribution in [0.4, 0.5) is 0 Å². The summed E-state index contributed by atoms with van der Waals surface area (Å²) in [6.45, 7) is 5.45. The lowest BCUT2D eigenvalue weighted by atomic mass is 9.91. The molecular weight excluding hydrogens is 240 g/mol. The van der Waals surface area contributed by atoms with Gasteiger partial charge in [-0.25, -0.2) is 0 Å². The minimum absolute atomic E-state index is 0.187. The number of hydrogen-bond acceptors (Lipinski definition) is 3. The highest BCUT2D eigenvalue weighted by Crippen LogP contribution is 2.23. The van der Waals surface area contributed by atoms with Crippen LogP contribution in [0.15, 0.2) is 0 Å². The largest absolute Gasteiger partial charge is 0.343 e. The van der Waals surface area contributed by atoms with Gasteiger partial charge in [0, 0.05) is 25.4 Å². The highest BCUT2D eigenvalue weighted by atomic mass is 16.2. The van der Waals surface area contributed by atoms with Crippen molar-refractivity contribution < 1.29 is 9.59 Å². The molecule has 0 spiro atoms. The molecule has 1 amide bonds. The first-order chi connectivity index (χ1) is 9.06. The summed E-state index contributed by atoms with van der Waals surface area (Å²) >= 11 is 0. The zero-order valence-electron chi connectivity index (χ0n) is 12.2. The summed E-state index contributed by atoms with van der Waals surface area (Å²) in [5.41, 5.74) is 0. The van der Waals surface area contributed by atoms with E-state index in [1.54, 1.807) is 6.92 Å². The molecule has 0 aliphatic carbocycles. The predicted molar refractivity (Wildman–Crippen MR) is 74.8 cm³/mol. The lowest BCUT2D eigenvalue weighted by Crippen LogP contribution is -2.41. The number of carbonyl (C=O) groups is 2. The Morgan fingerprint density at radius 3 is 2.11 bits per heavy atom. The van der Waals surface area contributed by atoms with Gasteiger partial charge in [0.1, 0.15) is 5.78 Å². The SMILES string of the molecule is CC(=O)C1CCN(C(=O)CC2CCN(C)CC2)CC1. The van der Waals surface area contributed by atoms with Gasteiger partial charge in [-0.3, -0.25) is 9.59 Å². The van der Waals surface area contributed by atoms with Crippen molar-refractivity contribution in [1.82, 2.24) is 9.80 Å². The van der Waals surface area contributed by atoms with E-state index in [0.29, 0.717) is 18.2 Å². The predicted octanol–water partition coefficient (Wildman–Crippen LogP) is 1.55. The molecule has 0 N–H and O–H groups in total. The third kappa shape index (κ3) is 4.03. The van der Waals surface area contributed by atoms with Crippen molar-refractivity contribution in [3.63, 3.8) is 0 Å². The third-order valence-electron chi connectivity index (χ3n) is 4.72. The molecule has 0 aromatic heterocycles. The topological polar surface area (TPSA) is 40.6 Å².